The monoisotopic (exact) mass is 334 g/mol. The van der Waals surface area contributed by atoms with E-state index in [1.807, 2.05) is 12.2 Å². The minimum absolute atomic E-state index is 0.990. The molecule has 25 heavy (non-hydrogen) atoms. The standard InChI is InChI=1S/C23H30N2/c1-5-20-8-12-22(13-9-20)18-24(3)16-7-17-25(4)19-23-14-10-21(6-2)11-15-23/h5-6,8-15H,1-2,7,16-19H2,3-4H3. The van der Waals surface area contributed by atoms with E-state index < -0.39 is 0 Å². The number of hydrogen-bond donors (Lipinski definition) is 0. The van der Waals surface area contributed by atoms with Gasteiger partial charge in [0.25, 0.3) is 0 Å². The van der Waals surface area contributed by atoms with Gasteiger partial charge in [0.2, 0.25) is 0 Å². The highest BCUT2D eigenvalue weighted by atomic mass is 15.1. The van der Waals surface area contributed by atoms with E-state index in [9.17, 15) is 0 Å². The first kappa shape index (κ1) is 19.2. The van der Waals surface area contributed by atoms with Gasteiger partial charge in [0.05, 0.1) is 0 Å². The molecule has 2 heteroatoms. The van der Waals surface area contributed by atoms with Crippen molar-refractivity contribution in [2.45, 2.75) is 19.5 Å². The van der Waals surface area contributed by atoms with Crippen molar-refractivity contribution in [3.8, 4) is 0 Å². The zero-order valence-electron chi connectivity index (χ0n) is 15.6. The van der Waals surface area contributed by atoms with Crippen molar-refractivity contribution in [3.63, 3.8) is 0 Å². The van der Waals surface area contributed by atoms with E-state index in [4.69, 9.17) is 0 Å². The van der Waals surface area contributed by atoms with Crippen LogP contribution >= 0.6 is 0 Å². The van der Waals surface area contributed by atoms with Crippen molar-refractivity contribution < 1.29 is 0 Å². The Hall–Kier alpha value is -2.16. The smallest absolute Gasteiger partial charge is 0.0230 e. The maximum Gasteiger partial charge on any atom is 0.0230 e. The van der Waals surface area contributed by atoms with Gasteiger partial charge in [-0.3, -0.25) is 0 Å². The van der Waals surface area contributed by atoms with Crippen molar-refractivity contribution in [2.24, 2.45) is 0 Å². The summed E-state index contributed by atoms with van der Waals surface area (Å²) in [6.07, 6.45) is 4.94. The molecule has 0 fully saturated rings. The Morgan fingerprint density at radius 1 is 0.680 bits per heavy atom. The van der Waals surface area contributed by atoms with Crippen LogP contribution in [-0.4, -0.2) is 37.0 Å². The van der Waals surface area contributed by atoms with Crippen LogP contribution in [0.5, 0.6) is 0 Å². The van der Waals surface area contributed by atoms with Crippen LogP contribution in [-0.2, 0) is 13.1 Å². The molecule has 0 atom stereocenters. The van der Waals surface area contributed by atoms with Crippen molar-refractivity contribution in [1.29, 1.82) is 0 Å². The van der Waals surface area contributed by atoms with Crippen LogP contribution in [0, 0.1) is 0 Å². The van der Waals surface area contributed by atoms with Crippen LogP contribution in [0.25, 0.3) is 12.2 Å². The average Bonchev–Trinajstić information content (AvgIpc) is 2.63. The van der Waals surface area contributed by atoms with Crippen LogP contribution in [0.1, 0.15) is 28.7 Å². The Balaban J connectivity index is 1.69. The van der Waals surface area contributed by atoms with Crippen molar-refractivity contribution in [1.82, 2.24) is 9.80 Å². The molecule has 0 spiro atoms. The predicted octanol–water partition coefficient (Wildman–Crippen LogP) is 4.93. The highest BCUT2D eigenvalue weighted by Crippen LogP contribution is 2.09. The lowest BCUT2D eigenvalue weighted by molar-refractivity contribution is 0.270. The molecule has 2 aromatic carbocycles. The van der Waals surface area contributed by atoms with Crippen LogP contribution < -0.4 is 0 Å². The van der Waals surface area contributed by atoms with Crippen LogP contribution in [0.3, 0.4) is 0 Å². The molecule has 0 saturated carbocycles. The lowest BCUT2D eigenvalue weighted by Gasteiger charge is -2.20. The normalized spacial score (nSPS) is 11.0. The lowest BCUT2D eigenvalue weighted by atomic mass is 10.1. The summed E-state index contributed by atoms with van der Waals surface area (Å²) in [5.41, 5.74) is 5.05. The fraction of sp³-hybridized carbons (Fsp3) is 0.304. The van der Waals surface area contributed by atoms with Crippen LogP contribution in [0.15, 0.2) is 61.7 Å². The maximum atomic E-state index is 3.80. The average molecular weight is 335 g/mol. The summed E-state index contributed by atoms with van der Waals surface area (Å²) in [4.78, 5) is 4.77. The summed E-state index contributed by atoms with van der Waals surface area (Å²) in [6.45, 7) is 11.8. The molecule has 2 nitrogen and oxygen atoms in total. The molecular formula is C23H30N2. The molecular weight excluding hydrogens is 304 g/mol. The summed E-state index contributed by atoms with van der Waals surface area (Å²) >= 11 is 0. The minimum Gasteiger partial charge on any atom is -0.302 e. The van der Waals surface area contributed by atoms with Gasteiger partial charge in [-0.05, 0) is 55.9 Å². The van der Waals surface area contributed by atoms with Crippen molar-refractivity contribution in [2.75, 3.05) is 27.2 Å². The SMILES string of the molecule is C=Cc1ccc(CN(C)CCCN(C)Cc2ccc(C=C)cc2)cc1. The number of benzene rings is 2. The minimum atomic E-state index is 0.990. The summed E-state index contributed by atoms with van der Waals surface area (Å²) in [5, 5.41) is 0. The Kier molecular flexibility index (Phi) is 7.65. The highest BCUT2D eigenvalue weighted by molar-refractivity contribution is 5.47. The quantitative estimate of drug-likeness (QED) is 0.608. The first-order valence-electron chi connectivity index (χ1n) is 8.90. The Labute approximate surface area is 153 Å². The molecule has 0 unspecified atom stereocenters. The van der Waals surface area contributed by atoms with Gasteiger partial charge in [-0.1, -0.05) is 73.8 Å². The zero-order chi connectivity index (χ0) is 18.1. The first-order chi connectivity index (χ1) is 12.1. The third kappa shape index (κ3) is 6.69. The second-order valence-electron chi connectivity index (χ2n) is 6.72. The Morgan fingerprint density at radius 2 is 1.04 bits per heavy atom. The van der Waals surface area contributed by atoms with Gasteiger partial charge in [0, 0.05) is 13.1 Å². The predicted molar refractivity (Wildman–Crippen MR) is 110 cm³/mol. The van der Waals surface area contributed by atoms with E-state index in [0.29, 0.717) is 0 Å². The zero-order valence-corrected chi connectivity index (χ0v) is 15.6. The largest absolute Gasteiger partial charge is 0.302 e. The van der Waals surface area contributed by atoms with Gasteiger partial charge in [-0.25, -0.2) is 0 Å². The van der Waals surface area contributed by atoms with E-state index in [0.717, 1.165) is 26.2 Å². The topological polar surface area (TPSA) is 6.48 Å². The molecule has 0 bridgehead atoms. The molecule has 0 saturated heterocycles. The summed E-state index contributed by atoms with van der Waals surface area (Å²) in [5.74, 6) is 0. The molecule has 0 aliphatic heterocycles. The molecule has 2 rings (SSSR count). The Morgan fingerprint density at radius 3 is 1.36 bits per heavy atom. The number of nitrogens with zero attached hydrogens (tertiary/aromatic N) is 2. The Bertz CT molecular complexity index is 596. The molecule has 2 aromatic rings. The lowest BCUT2D eigenvalue weighted by Crippen LogP contribution is -2.25. The molecule has 0 radical (unpaired) electrons. The van der Waals surface area contributed by atoms with Gasteiger partial charge >= 0.3 is 0 Å². The van der Waals surface area contributed by atoms with Gasteiger partial charge in [0.15, 0.2) is 0 Å². The van der Waals surface area contributed by atoms with E-state index in [1.54, 1.807) is 0 Å². The van der Waals surface area contributed by atoms with Gasteiger partial charge in [0.1, 0.15) is 0 Å². The fourth-order valence-electron chi connectivity index (χ4n) is 2.91. The maximum absolute atomic E-state index is 3.80. The summed E-state index contributed by atoms with van der Waals surface area (Å²) in [6, 6.07) is 17.3. The van der Waals surface area contributed by atoms with E-state index in [2.05, 4.69) is 85.6 Å². The molecule has 0 aliphatic rings. The van der Waals surface area contributed by atoms with E-state index in [1.165, 1.54) is 28.7 Å². The third-order valence-electron chi connectivity index (χ3n) is 4.42. The van der Waals surface area contributed by atoms with Gasteiger partial charge in [-0.2, -0.15) is 0 Å². The summed E-state index contributed by atoms with van der Waals surface area (Å²) in [7, 11) is 4.38. The number of hydrogen-bond acceptors (Lipinski definition) is 2. The van der Waals surface area contributed by atoms with Gasteiger partial charge in [-0.15, -0.1) is 0 Å². The molecule has 0 N–H and O–H groups in total. The first-order valence-corrected chi connectivity index (χ1v) is 8.90. The molecule has 0 heterocycles. The molecule has 0 aromatic heterocycles. The molecule has 132 valence electrons. The second kappa shape index (κ2) is 9.97. The molecule has 0 amide bonds. The van der Waals surface area contributed by atoms with Crippen LogP contribution in [0.2, 0.25) is 0 Å². The third-order valence-corrected chi connectivity index (χ3v) is 4.42. The number of rotatable bonds is 10. The van der Waals surface area contributed by atoms with Crippen molar-refractivity contribution >= 4 is 12.2 Å². The molecule has 0 aliphatic carbocycles. The van der Waals surface area contributed by atoms with Gasteiger partial charge < -0.3 is 9.80 Å². The van der Waals surface area contributed by atoms with E-state index >= 15 is 0 Å². The summed E-state index contributed by atoms with van der Waals surface area (Å²) < 4.78 is 0. The van der Waals surface area contributed by atoms with Crippen LogP contribution in [0.4, 0.5) is 0 Å². The second-order valence-corrected chi connectivity index (χ2v) is 6.72. The van der Waals surface area contributed by atoms with Crippen molar-refractivity contribution in [3.05, 3.63) is 83.9 Å². The fourth-order valence-corrected chi connectivity index (χ4v) is 2.91. The highest BCUT2D eigenvalue weighted by Gasteiger charge is 2.04. The van der Waals surface area contributed by atoms with E-state index in [-0.39, 0.29) is 0 Å².